The van der Waals surface area contributed by atoms with Crippen molar-refractivity contribution in [3.05, 3.63) is 12.2 Å². The summed E-state index contributed by atoms with van der Waals surface area (Å²) in [5.41, 5.74) is 0. The molecule has 0 aliphatic carbocycles. The molecule has 0 radical (unpaired) electrons. The molecule has 0 saturated carbocycles. The second-order valence-corrected chi connectivity index (χ2v) is 8.87. The number of carbonyl (C=O) groups excluding carboxylic acids is 2. The molecule has 0 aliphatic rings. The van der Waals surface area contributed by atoms with Gasteiger partial charge in [-0.05, 0) is 59.8 Å². The molecule has 0 amide bonds. The fraction of sp³-hybridized carbons (Fsp3) is 0.846. The molecule has 0 heterocycles. The van der Waals surface area contributed by atoms with E-state index in [1.165, 1.54) is 57.8 Å². The smallest absolute Gasteiger partial charge is 0.306 e. The predicted octanol–water partition coefficient (Wildman–Crippen LogP) is 7.69. The Kier molecular flexibility index (Phi) is 20.0. The fourth-order valence-corrected chi connectivity index (χ4v) is 3.37. The summed E-state index contributed by atoms with van der Waals surface area (Å²) in [6, 6.07) is 0. The van der Waals surface area contributed by atoms with Crippen molar-refractivity contribution < 1.29 is 19.1 Å². The Bertz CT molecular complexity index is 440. The minimum absolute atomic E-state index is 0.00667. The van der Waals surface area contributed by atoms with E-state index in [9.17, 15) is 9.59 Å². The fourth-order valence-electron chi connectivity index (χ4n) is 3.37. The van der Waals surface area contributed by atoms with Crippen molar-refractivity contribution in [2.45, 2.75) is 143 Å². The molecule has 0 aromatic heterocycles. The molecule has 0 saturated heterocycles. The van der Waals surface area contributed by atoms with Crippen LogP contribution >= 0.6 is 0 Å². The van der Waals surface area contributed by atoms with Gasteiger partial charge in [-0.1, -0.05) is 69.9 Å². The van der Waals surface area contributed by atoms with Gasteiger partial charge in [0.2, 0.25) is 0 Å². The number of unbranched alkanes of at least 4 members (excludes halogenated alkanes) is 12. The maximum absolute atomic E-state index is 11.4. The highest BCUT2D eigenvalue weighted by Crippen LogP contribution is 2.13. The van der Waals surface area contributed by atoms with E-state index < -0.39 is 0 Å². The SMILES string of the molecule is CC(C)OC(=O)CCC/C=C/CCCCCCCCCCCCCC(=O)OC(C)C. The van der Waals surface area contributed by atoms with Gasteiger partial charge in [-0.3, -0.25) is 9.59 Å². The monoisotopic (exact) mass is 424 g/mol. The highest BCUT2D eigenvalue weighted by Gasteiger charge is 2.05. The van der Waals surface area contributed by atoms with Crippen molar-refractivity contribution in [2.24, 2.45) is 0 Å². The van der Waals surface area contributed by atoms with Gasteiger partial charge in [-0.2, -0.15) is 0 Å². The Morgan fingerprint density at radius 1 is 0.533 bits per heavy atom. The third kappa shape index (κ3) is 23.0. The van der Waals surface area contributed by atoms with Crippen LogP contribution in [0.15, 0.2) is 12.2 Å². The summed E-state index contributed by atoms with van der Waals surface area (Å²) in [6.45, 7) is 7.56. The third-order valence-corrected chi connectivity index (χ3v) is 4.90. The zero-order valence-electron chi connectivity index (χ0n) is 20.3. The van der Waals surface area contributed by atoms with Crippen molar-refractivity contribution in [3.8, 4) is 0 Å². The minimum Gasteiger partial charge on any atom is -0.463 e. The lowest BCUT2D eigenvalue weighted by Gasteiger charge is -2.07. The first kappa shape index (κ1) is 28.7. The molecule has 0 aromatic rings. The Hall–Kier alpha value is -1.32. The summed E-state index contributed by atoms with van der Waals surface area (Å²) in [6.07, 6.45) is 22.5. The first-order valence-corrected chi connectivity index (χ1v) is 12.5. The van der Waals surface area contributed by atoms with E-state index in [1.807, 2.05) is 27.7 Å². The van der Waals surface area contributed by atoms with Crippen molar-refractivity contribution in [3.63, 3.8) is 0 Å². The number of esters is 2. The highest BCUT2D eigenvalue weighted by atomic mass is 16.5. The van der Waals surface area contributed by atoms with Gasteiger partial charge in [-0.15, -0.1) is 0 Å². The summed E-state index contributed by atoms with van der Waals surface area (Å²) >= 11 is 0. The standard InChI is InChI=1S/C26H48O4/c1-23(2)29-25(27)21-19-17-15-13-11-9-7-5-6-8-10-12-14-16-18-20-22-26(28)30-24(3)4/h13,15,23-24H,5-12,14,16-22H2,1-4H3/b15-13+. The van der Waals surface area contributed by atoms with Crippen LogP contribution in [0.25, 0.3) is 0 Å². The second-order valence-electron chi connectivity index (χ2n) is 8.87. The second kappa shape index (κ2) is 20.9. The molecule has 0 rings (SSSR count). The van der Waals surface area contributed by atoms with E-state index in [0.717, 1.165) is 32.1 Å². The molecule has 0 atom stereocenters. The van der Waals surface area contributed by atoms with Crippen molar-refractivity contribution >= 4 is 11.9 Å². The molecular weight excluding hydrogens is 376 g/mol. The molecule has 30 heavy (non-hydrogen) atoms. The lowest BCUT2D eigenvalue weighted by molar-refractivity contribution is -0.148. The van der Waals surface area contributed by atoms with E-state index in [0.29, 0.717) is 12.8 Å². The summed E-state index contributed by atoms with van der Waals surface area (Å²) in [5.74, 6) is -0.133. The summed E-state index contributed by atoms with van der Waals surface area (Å²) < 4.78 is 10.3. The molecular formula is C26H48O4. The normalized spacial score (nSPS) is 11.5. The summed E-state index contributed by atoms with van der Waals surface area (Å²) in [7, 11) is 0. The van der Waals surface area contributed by atoms with Gasteiger partial charge in [0.05, 0.1) is 12.2 Å². The van der Waals surface area contributed by atoms with Gasteiger partial charge in [0, 0.05) is 12.8 Å². The average molecular weight is 425 g/mol. The molecule has 0 fully saturated rings. The van der Waals surface area contributed by atoms with Crippen LogP contribution in [0.5, 0.6) is 0 Å². The van der Waals surface area contributed by atoms with Crippen LogP contribution in [0.4, 0.5) is 0 Å². The zero-order valence-corrected chi connectivity index (χ0v) is 20.3. The Morgan fingerprint density at radius 2 is 0.867 bits per heavy atom. The number of rotatable bonds is 20. The molecule has 0 aliphatic heterocycles. The molecule has 0 spiro atoms. The van der Waals surface area contributed by atoms with Gasteiger partial charge in [0.1, 0.15) is 0 Å². The lowest BCUT2D eigenvalue weighted by Crippen LogP contribution is -2.10. The largest absolute Gasteiger partial charge is 0.463 e. The topological polar surface area (TPSA) is 52.6 Å². The first-order chi connectivity index (χ1) is 14.4. The number of ether oxygens (including phenoxy) is 2. The number of allylic oxidation sites excluding steroid dienone is 2. The third-order valence-electron chi connectivity index (χ3n) is 4.90. The first-order valence-electron chi connectivity index (χ1n) is 12.5. The van der Waals surface area contributed by atoms with E-state index in [2.05, 4.69) is 12.2 Å². The number of hydrogen-bond donors (Lipinski definition) is 0. The van der Waals surface area contributed by atoms with E-state index in [-0.39, 0.29) is 24.1 Å². The van der Waals surface area contributed by atoms with Crippen molar-refractivity contribution in [1.29, 1.82) is 0 Å². The highest BCUT2D eigenvalue weighted by molar-refractivity contribution is 5.69. The van der Waals surface area contributed by atoms with Crippen LogP contribution in [0.2, 0.25) is 0 Å². The van der Waals surface area contributed by atoms with Gasteiger partial charge in [-0.25, -0.2) is 0 Å². The van der Waals surface area contributed by atoms with E-state index >= 15 is 0 Å². The Morgan fingerprint density at radius 3 is 1.30 bits per heavy atom. The van der Waals surface area contributed by atoms with Gasteiger partial charge in [0.25, 0.3) is 0 Å². The predicted molar refractivity (Wildman–Crippen MR) is 125 cm³/mol. The minimum atomic E-state index is -0.0814. The van der Waals surface area contributed by atoms with Crippen LogP contribution in [0.3, 0.4) is 0 Å². The van der Waals surface area contributed by atoms with Gasteiger partial charge in [0.15, 0.2) is 0 Å². The summed E-state index contributed by atoms with van der Waals surface area (Å²) in [5, 5.41) is 0. The van der Waals surface area contributed by atoms with Crippen LogP contribution in [-0.2, 0) is 19.1 Å². The molecule has 0 unspecified atom stereocenters. The maximum Gasteiger partial charge on any atom is 0.306 e. The van der Waals surface area contributed by atoms with Crippen LogP contribution in [0.1, 0.15) is 130 Å². The molecule has 0 aromatic carbocycles. The van der Waals surface area contributed by atoms with Crippen molar-refractivity contribution in [1.82, 2.24) is 0 Å². The zero-order chi connectivity index (χ0) is 22.5. The summed E-state index contributed by atoms with van der Waals surface area (Å²) in [4.78, 5) is 22.8. The molecule has 176 valence electrons. The van der Waals surface area contributed by atoms with Crippen molar-refractivity contribution in [2.75, 3.05) is 0 Å². The van der Waals surface area contributed by atoms with Crippen LogP contribution < -0.4 is 0 Å². The quantitative estimate of drug-likeness (QED) is 0.114. The average Bonchev–Trinajstić information content (AvgIpc) is 2.65. The van der Waals surface area contributed by atoms with Crippen LogP contribution in [0, 0.1) is 0 Å². The number of carbonyl (C=O) groups is 2. The van der Waals surface area contributed by atoms with Gasteiger partial charge >= 0.3 is 11.9 Å². The Labute approximate surface area is 186 Å². The molecule has 0 bridgehead atoms. The van der Waals surface area contributed by atoms with E-state index in [1.54, 1.807) is 0 Å². The molecule has 4 heteroatoms. The maximum atomic E-state index is 11.4. The van der Waals surface area contributed by atoms with Crippen LogP contribution in [-0.4, -0.2) is 24.1 Å². The molecule has 4 nitrogen and oxygen atoms in total. The molecule has 0 N–H and O–H groups in total. The van der Waals surface area contributed by atoms with Gasteiger partial charge < -0.3 is 9.47 Å². The number of hydrogen-bond acceptors (Lipinski definition) is 4. The Balaban J connectivity index is 3.22. The lowest BCUT2D eigenvalue weighted by atomic mass is 10.0. The van der Waals surface area contributed by atoms with E-state index in [4.69, 9.17) is 9.47 Å².